The number of likely N-dealkylation sites (tertiary alicyclic amines) is 1. The Labute approximate surface area is 147 Å². The summed E-state index contributed by atoms with van der Waals surface area (Å²) in [5, 5.41) is 16.4. The molecule has 0 radical (unpaired) electrons. The van der Waals surface area contributed by atoms with Crippen LogP contribution in [-0.4, -0.2) is 54.6 Å². The van der Waals surface area contributed by atoms with E-state index < -0.39 is 0 Å². The Balaban J connectivity index is 1.39. The number of hydrogen-bond donors (Lipinski definition) is 1. The molecule has 0 amide bonds. The molecule has 8 heteroatoms. The van der Waals surface area contributed by atoms with Gasteiger partial charge in [-0.15, -0.1) is 10.2 Å². The maximum atomic E-state index is 5.65. The van der Waals surface area contributed by atoms with Crippen molar-refractivity contribution in [2.24, 2.45) is 0 Å². The largest absolute Gasteiger partial charge is 0.380 e. The fraction of sp³-hybridized carbons (Fsp3) is 0.765. The van der Waals surface area contributed by atoms with Gasteiger partial charge in [0.1, 0.15) is 17.5 Å². The summed E-state index contributed by atoms with van der Waals surface area (Å²) >= 11 is 0. The van der Waals surface area contributed by atoms with Crippen molar-refractivity contribution in [1.29, 1.82) is 0 Å². The SMILES string of the molecule is CO[C@@H]1C[C@@H](c2nc(C3CC3)n[nH]2)N(Cc2nnc(C)n2C2CC2)C1. The molecule has 2 saturated carbocycles. The van der Waals surface area contributed by atoms with E-state index in [1.54, 1.807) is 7.11 Å². The number of H-pyrrole nitrogens is 1. The van der Waals surface area contributed by atoms with Gasteiger partial charge < -0.3 is 9.30 Å². The molecule has 2 aromatic heterocycles. The first-order valence-electron chi connectivity index (χ1n) is 9.32. The van der Waals surface area contributed by atoms with E-state index in [9.17, 15) is 0 Å². The van der Waals surface area contributed by atoms with Crippen LogP contribution in [0.4, 0.5) is 0 Å². The summed E-state index contributed by atoms with van der Waals surface area (Å²) in [4.78, 5) is 7.19. The van der Waals surface area contributed by atoms with E-state index in [2.05, 4.69) is 29.9 Å². The highest BCUT2D eigenvalue weighted by atomic mass is 16.5. The van der Waals surface area contributed by atoms with E-state index in [4.69, 9.17) is 9.72 Å². The second-order valence-electron chi connectivity index (χ2n) is 7.66. The molecule has 25 heavy (non-hydrogen) atoms. The maximum absolute atomic E-state index is 5.65. The first kappa shape index (κ1) is 15.5. The average Bonchev–Trinajstić information content (AvgIpc) is 3.52. The van der Waals surface area contributed by atoms with Crippen molar-refractivity contribution in [2.45, 2.75) is 69.7 Å². The lowest BCUT2D eigenvalue weighted by molar-refractivity contribution is 0.106. The van der Waals surface area contributed by atoms with Crippen molar-refractivity contribution in [2.75, 3.05) is 13.7 Å². The molecule has 2 aliphatic carbocycles. The van der Waals surface area contributed by atoms with Crippen LogP contribution < -0.4 is 0 Å². The smallest absolute Gasteiger partial charge is 0.153 e. The van der Waals surface area contributed by atoms with Crippen LogP contribution in [-0.2, 0) is 11.3 Å². The number of aryl methyl sites for hydroxylation is 1. The molecular weight excluding hydrogens is 318 g/mol. The van der Waals surface area contributed by atoms with Gasteiger partial charge in [-0.3, -0.25) is 10.00 Å². The molecule has 1 N–H and O–H groups in total. The third-order valence-electron chi connectivity index (χ3n) is 5.67. The van der Waals surface area contributed by atoms with Crippen LogP contribution in [0.15, 0.2) is 0 Å². The van der Waals surface area contributed by atoms with Crippen molar-refractivity contribution in [3.05, 3.63) is 23.3 Å². The number of nitrogens with zero attached hydrogens (tertiary/aromatic N) is 6. The minimum atomic E-state index is 0.203. The Morgan fingerprint density at radius 3 is 2.76 bits per heavy atom. The van der Waals surface area contributed by atoms with Gasteiger partial charge in [0.15, 0.2) is 5.82 Å². The van der Waals surface area contributed by atoms with Crippen LogP contribution in [0.2, 0.25) is 0 Å². The highest BCUT2D eigenvalue weighted by Gasteiger charge is 2.38. The molecule has 0 aromatic carbocycles. The number of hydrogen-bond acceptors (Lipinski definition) is 6. The monoisotopic (exact) mass is 343 g/mol. The zero-order valence-electron chi connectivity index (χ0n) is 14.9. The van der Waals surface area contributed by atoms with Crippen LogP contribution in [0.1, 0.15) is 73.4 Å². The fourth-order valence-electron chi connectivity index (χ4n) is 3.96. The highest BCUT2D eigenvalue weighted by molar-refractivity contribution is 5.10. The van der Waals surface area contributed by atoms with E-state index >= 15 is 0 Å². The lowest BCUT2D eigenvalue weighted by atomic mass is 10.2. The van der Waals surface area contributed by atoms with Crippen LogP contribution in [0.3, 0.4) is 0 Å². The summed E-state index contributed by atoms with van der Waals surface area (Å²) in [5.74, 6) is 4.60. The fourth-order valence-corrected chi connectivity index (χ4v) is 3.96. The molecule has 1 aliphatic heterocycles. The number of aromatic amines is 1. The quantitative estimate of drug-likeness (QED) is 0.862. The van der Waals surface area contributed by atoms with Crippen molar-refractivity contribution in [1.82, 2.24) is 34.8 Å². The van der Waals surface area contributed by atoms with Gasteiger partial charge in [0.2, 0.25) is 0 Å². The van der Waals surface area contributed by atoms with E-state index in [-0.39, 0.29) is 12.1 Å². The van der Waals surface area contributed by atoms with E-state index in [0.717, 1.165) is 42.8 Å². The zero-order chi connectivity index (χ0) is 17.0. The number of methoxy groups -OCH3 is 1. The van der Waals surface area contributed by atoms with Gasteiger partial charge in [0.05, 0.1) is 18.7 Å². The third-order valence-corrected chi connectivity index (χ3v) is 5.67. The van der Waals surface area contributed by atoms with Gasteiger partial charge in [-0.25, -0.2) is 4.98 Å². The van der Waals surface area contributed by atoms with E-state index in [1.165, 1.54) is 25.7 Å². The molecule has 3 aliphatic rings. The van der Waals surface area contributed by atoms with E-state index in [1.807, 2.05) is 6.92 Å². The van der Waals surface area contributed by atoms with Gasteiger partial charge in [-0.2, -0.15) is 5.10 Å². The van der Waals surface area contributed by atoms with Crippen LogP contribution in [0.5, 0.6) is 0 Å². The van der Waals surface area contributed by atoms with Crippen molar-refractivity contribution < 1.29 is 4.74 Å². The standard InChI is InChI=1S/C17H25N7O/c1-10-19-20-15(24(10)12-5-6-12)9-23-8-13(25-2)7-14(23)17-18-16(21-22-17)11-3-4-11/h11-14H,3-9H2,1-2H3,(H,18,21,22)/t13-,14+/m1/s1. The number of nitrogens with one attached hydrogen (secondary N) is 1. The summed E-state index contributed by atoms with van der Waals surface area (Å²) in [7, 11) is 1.79. The van der Waals surface area contributed by atoms with Crippen molar-refractivity contribution in [3.63, 3.8) is 0 Å². The second kappa shape index (κ2) is 5.88. The molecule has 3 heterocycles. The first-order chi connectivity index (χ1) is 12.2. The lowest BCUT2D eigenvalue weighted by Crippen LogP contribution is -2.27. The van der Waals surface area contributed by atoms with Gasteiger partial charge in [-0.1, -0.05) is 0 Å². The Morgan fingerprint density at radius 1 is 1.20 bits per heavy atom. The van der Waals surface area contributed by atoms with Gasteiger partial charge >= 0.3 is 0 Å². The number of aromatic nitrogens is 6. The lowest BCUT2D eigenvalue weighted by Gasteiger charge is -2.22. The second-order valence-corrected chi connectivity index (χ2v) is 7.66. The molecule has 1 saturated heterocycles. The Morgan fingerprint density at radius 2 is 2.04 bits per heavy atom. The topological polar surface area (TPSA) is 84.8 Å². The molecule has 2 atom stereocenters. The minimum absolute atomic E-state index is 0.203. The Kier molecular flexibility index (Phi) is 3.63. The summed E-state index contributed by atoms with van der Waals surface area (Å²) < 4.78 is 7.96. The summed E-state index contributed by atoms with van der Waals surface area (Å²) in [5.41, 5.74) is 0. The predicted molar refractivity (Wildman–Crippen MR) is 90.0 cm³/mol. The molecule has 134 valence electrons. The van der Waals surface area contributed by atoms with Crippen LogP contribution >= 0.6 is 0 Å². The zero-order valence-corrected chi connectivity index (χ0v) is 14.9. The molecule has 0 spiro atoms. The number of rotatable bonds is 6. The van der Waals surface area contributed by atoms with Crippen LogP contribution in [0.25, 0.3) is 0 Å². The van der Waals surface area contributed by atoms with Gasteiger partial charge in [-0.05, 0) is 39.0 Å². The molecular formula is C17H25N7O. The van der Waals surface area contributed by atoms with Crippen molar-refractivity contribution >= 4 is 0 Å². The average molecular weight is 343 g/mol. The molecule has 5 rings (SSSR count). The molecule has 3 fully saturated rings. The van der Waals surface area contributed by atoms with Crippen molar-refractivity contribution in [3.8, 4) is 0 Å². The summed E-state index contributed by atoms with van der Waals surface area (Å²) in [6, 6.07) is 0.797. The first-order valence-corrected chi connectivity index (χ1v) is 9.32. The maximum Gasteiger partial charge on any atom is 0.153 e. The normalized spacial score (nSPS) is 27.3. The third kappa shape index (κ3) is 2.87. The molecule has 0 unspecified atom stereocenters. The van der Waals surface area contributed by atoms with Crippen LogP contribution in [0, 0.1) is 6.92 Å². The molecule has 8 nitrogen and oxygen atoms in total. The van der Waals surface area contributed by atoms with Gasteiger partial charge in [0, 0.05) is 25.6 Å². The summed E-state index contributed by atoms with van der Waals surface area (Å²) in [6.07, 6.45) is 6.07. The molecule has 0 bridgehead atoms. The summed E-state index contributed by atoms with van der Waals surface area (Å²) in [6.45, 7) is 3.71. The van der Waals surface area contributed by atoms with Gasteiger partial charge in [0.25, 0.3) is 0 Å². The van der Waals surface area contributed by atoms with E-state index in [0.29, 0.717) is 12.0 Å². The Hall–Kier alpha value is -1.80. The number of ether oxygens (including phenoxy) is 1. The Bertz CT molecular complexity index is 761. The highest BCUT2D eigenvalue weighted by Crippen LogP contribution is 2.40. The predicted octanol–water partition coefficient (Wildman–Crippen LogP) is 1.88. The minimum Gasteiger partial charge on any atom is -0.380 e. The molecule has 2 aromatic rings.